The van der Waals surface area contributed by atoms with Crippen molar-refractivity contribution >= 4 is 23.9 Å². The maximum atomic E-state index is 13.9. The molecule has 4 aromatic rings. The first-order chi connectivity index (χ1) is 28.8. The summed E-state index contributed by atoms with van der Waals surface area (Å²) in [6, 6.07) is 31.9. The Kier molecular flexibility index (Phi) is 13.7. The topological polar surface area (TPSA) is 152 Å². The average molecular weight is 800 g/mol. The molecule has 0 radical (unpaired) electrons. The Morgan fingerprint density at radius 1 is 0.831 bits per heavy atom. The minimum absolute atomic E-state index is 0.0656. The van der Waals surface area contributed by atoms with Crippen molar-refractivity contribution in [3.05, 3.63) is 138 Å². The van der Waals surface area contributed by atoms with Gasteiger partial charge in [-0.2, -0.15) is 0 Å². The second kappa shape index (κ2) is 19.7. The second-order valence-electron chi connectivity index (χ2n) is 15.9. The zero-order valence-corrected chi connectivity index (χ0v) is 33.3. The second-order valence-corrected chi connectivity index (χ2v) is 15.9. The smallest absolute Gasteiger partial charge is 0.407 e. The lowest BCUT2D eigenvalue weighted by atomic mass is 9.95. The van der Waals surface area contributed by atoms with E-state index in [1.165, 1.54) is 0 Å². The van der Waals surface area contributed by atoms with Gasteiger partial charge in [-0.15, -0.1) is 0 Å². The van der Waals surface area contributed by atoms with Gasteiger partial charge in [0.15, 0.2) is 0 Å². The van der Waals surface area contributed by atoms with Crippen LogP contribution in [0.4, 0.5) is 4.79 Å². The van der Waals surface area contributed by atoms with Crippen LogP contribution in [0.3, 0.4) is 0 Å². The van der Waals surface area contributed by atoms with Gasteiger partial charge in [0, 0.05) is 12.3 Å². The zero-order valence-electron chi connectivity index (χ0n) is 33.3. The SMILES string of the molecule is O=C(CC1CC=CCCC(NC(=O)OCC2c3ccccc3-c3ccccc32)C(=O)OCC(Cc2ccc(OCc3ccccc3)cc2)NC1=O)NC1(CO)CCCC1. The number of allylic oxidation sites excluding steroid dienone is 2. The van der Waals surface area contributed by atoms with E-state index in [1.54, 1.807) is 0 Å². The first-order valence-electron chi connectivity index (χ1n) is 20.7. The van der Waals surface area contributed by atoms with Gasteiger partial charge in [-0.05, 0) is 84.0 Å². The molecule has 0 bridgehead atoms. The molecule has 11 heteroatoms. The molecule has 7 rings (SSSR count). The highest BCUT2D eigenvalue weighted by Crippen LogP contribution is 2.44. The van der Waals surface area contributed by atoms with Gasteiger partial charge < -0.3 is 35.3 Å². The van der Waals surface area contributed by atoms with Gasteiger partial charge in [-0.3, -0.25) is 9.59 Å². The Balaban J connectivity index is 1.03. The number of fused-ring (bicyclic) bond motifs is 3. The van der Waals surface area contributed by atoms with Crippen LogP contribution < -0.4 is 20.7 Å². The Labute approximate surface area is 345 Å². The van der Waals surface area contributed by atoms with E-state index in [0.29, 0.717) is 38.0 Å². The molecule has 308 valence electrons. The number of cyclic esters (lactones) is 1. The van der Waals surface area contributed by atoms with Gasteiger partial charge in [-0.25, -0.2) is 9.59 Å². The molecule has 2 aliphatic carbocycles. The molecule has 1 aliphatic heterocycles. The summed E-state index contributed by atoms with van der Waals surface area (Å²) >= 11 is 0. The van der Waals surface area contributed by atoms with Gasteiger partial charge >= 0.3 is 12.1 Å². The van der Waals surface area contributed by atoms with E-state index < -0.39 is 35.6 Å². The number of rotatable bonds is 12. The molecule has 3 atom stereocenters. The molecule has 3 unspecified atom stereocenters. The summed E-state index contributed by atoms with van der Waals surface area (Å²) in [7, 11) is 0. The summed E-state index contributed by atoms with van der Waals surface area (Å²) in [4.78, 5) is 54.2. The van der Waals surface area contributed by atoms with Crippen LogP contribution in [0, 0.1) is 5.92 Å². The summed E-state index contributed by atoms with van der Waals surface area (Å²) in [6.07, 6.45) is 7.37. The Bertz CT molecular complexity index is 2050. The number of hydrogen-bond acceptors (Lipinski definition) is 8. The van der Waals surface area contributed by atoms with Crippen molar-refractivity contribution in [2.45, 2.75) is 87.9 Å². The molecule has 1 heterocycles. The number of aliphatic hydroxyl groups is 1. The van der Waals surface area contributed by atoms with E-state index in [1.807, 2.05) is 103 Å². The summed E-state index contributed by atoms with van der Waals surface area (Å²) in [5, 5.41) is 18.9. The van der Waals surface area contributed by atoms with E-state index in [9.17, 15) is 24.3 Å². The monoisotopic (exact) mass is 799 g/mol. The van der Waals surface area contributed by atoms with Gasteiger partial charge in [-0.1, -0.05) is 116 Å². The largest absolute Gasteiger partial charge is 0.489 e. The maximum Gasteiger partial charge on any atom is 0.407 e. The normalized spacial score (nSPS) is 20.4. The predicted molar refractivity (Wildman–Crippen MR) is 223 cm³/mol. The summed E-state index contributed by atoms with van der Waals surface area (Å²) < 4.78 is 17.6. The summed E-state index contributed by atoms with van der Waals surface area (Å²) in [6.45, 7) is 0.201. The number of carbonyl (C=O) groups excluding carboxylic acids is 4. The Morgan fingerprint density at radius 2 is 1.51 bits per heavy atom. The Hall–Kier alpha value is -5.94. The molecule has 0 saturated heterocycles. The Morgan fingerprint density at radius 3 is 2.20 bits per heavy atom. The third kappa shape index (κ3) is 10.8. The lowest BCUT2D eigenvalue weighted by Gasteiger charge is -2.29. The van der Waals surface area contributed by atoms with E-state index in [4.69, 9.17) is 14.2 Å². The zero-order chi connectivity index (χ0) is 41.0. The quantitative estimate of drug-likeness (QED) is 0.0892. The lowest BCUT2D eigenvalue weighted by molar-refractivity contribution is -0.147. The number of hydrogen-bond donors (Lipinski definition) is 4. The number of nitrogens with one attached hydrogen (secondary N) is 3. The molecule has 4 aromatic carbocycles. The number of benzene rings is 4. The van der Waals surface area contributed by atoms with Crippen LogP contribution in [0.1, 0.15) is 79.5 Å². The molecule has 3 amide bonds. The predicted octanol–water partition coefficient (Wildman–Crippen LogP) is 6.91. The van der Waals surface area contributed by atoms with Crippen molar-refractivity contribution in [2.24, 2.45) is 5.92 Å². The first-order valence-corrected chi connectivity index (χ1v) is 20.7. The molecular formula is C48H53N3O8. The van der Waals surface area contributed by atoms with E-state index >= 15 is 0 Å². The third-order valence-corrected chi connectivity index (χ3v) is 11.6. The average Bonchev–Trinajstić information content (AvgIpc) is 3.86. The van der Waals surface area contributed by atoms with Crippen molar-refractivity contribution in [1.29, 1.82) is 0 Å². The van der Waals surface area contributed by atoms with Crippen LogP contribution in [0.25, 0.3) is 11.1 Å². The third-order valence-electron chi connectivity index (χ3n) is 11.6. The molecule has 4 N–H and O–H groups in total. The van der Waals surface area contributed by atoms with Crippen LogP contribution in [-0.4, -0.2) is 66.4 Å². The van der Waals surface area contributed by atoms with Crippen molar-refractivity contribution in [3.8, 4) is 16.9 Å². The number of alkyl carbamates (subject to hydrolysis) is 1. The number of carbonyl (C=O) groups is 4. The number of amides is 3. The molecular weight excluding hydrogens is 747 g/mol. The minimum atomic E-state index is -1.00. The maximum absolute atomic E-state index is 13.9. The highest BCUT2D eigenvalue weighted by atomic mass is 16.6. The molecule has 59 heavy (non-hydrogen) atoms. The van der Waals surface area contributed by atoms with Crippen LogP contribution >= 0.6 is 0 Å². The van der Waals surface area contributed by atoms with Gasteiger partial charge in [0.1, 0.15) is 31.6 Å². The van der Waals surface area contributed by atoms with Crippen molar-refractivity contribution in [1.82, 2.24) is 16.0 Å². The molecule has 0 spiro atoms. The van der Waals surface area contributed by atoms with Crippen LogP contribution in [0.5, 0.6) is 5.75 Å². The molecule has 11 nitrogen and oxygen atoms in total. The lowest BCUT2D eigenvalue weighted by Crippen LogP contribution is -2.50. The molecule has 3 aliphatic rings. The van der Waals surface area contributed by atoms with Crippen LogP contribution in [0.15, 0.2) is 115 Å². The fourth-order valence-corrected chi connectivity index (χ4v) is 8.40. The number of esters is 1. The fraction of sp³-hybridized carbons (Fsp3) is 0.375. The summed E-state index contributed by atoms with van der Waals surface area (Å²) in [5.74, 6) is -1.43. The van der Waals surface area contributed by atoms with Gasteiger partial charge in [0.25, 0.3) is 0 Å². The molecule has 1 fully saturated rings. The molecule has 0 aromatic heterocycles. The summed E-state index contributed by atoms with van der Waals surface area (Å²) in [5.41, 5.74) is 5.65. The fourth-order valence-electron chi connectivity index (χ4n) is 8.40. The number of aliphatic hydroxyl groups excluding tert-OH is 1. The van der Waals surface area contributed by atoms with Crippen molar-refractivity contribution in [3.63, 3.8) is 0 Å². The van der Waals surface area contributed by atoms with Crippen LogP contribution in [0.2, 0.25) is 0 Å². The van der Waals surface area contributed by atoms with Gasteiger partial charge in [0.2, 0.25) is 11.8 Å². The standard InChI is InChI=1S/C48H53N3O8/c52-32-48(25-11-12-26-48)51-44(53)28-35-15-5-2-6-20-43(50-47(56)59-31-42-40-18-9-7-16-38(40)39-17-8-10-19-41(39)42)46(55)58-30-36(49-45(35)54)27-33-21-23-37(24-22-33)57-29-34-13-3-1-4-14-34/h1-5,7-10,13-14,16-19,21-24,35-36,42-43,52H,6,11-12,15,20,25-32H2,(H,49,54)(H,50,56)(H,51,53). The number of ether oxygens (including phenoxy) is 3. The van der Waals surface area contributed by atoms with E-state index in [0.717, 1.165) is 46.2 Å². The van der Waals surface area contributed by atoms with Gasteiger partial charge in [0.05, 0.1) is 24.1 Å². The van der Waals surface area contributed by atoms with Crippen molar-refractivity contribution in [2.75, 3.05) is 19.8 Å². The minimum Gasteiger partial charge on any atom is -0.489 e. The van der Waals surface area contributed by atoms with E-state index in [2.05, 4.69) is 28.1 Å². The van der Waals surface area contributed by atoms with E-state index in [-0.39, 0.29) is 56.8 Å². The highest BCUT2D eigenvalue weighted by molar-refractivity contribution is 5.87. The first kappa shape index (κ1) is 41.2. The van der Waals surface area contributed by atoms with Crippen molar-refractivity contribution < 1.29 is 38.5 Å². The van der Waals surface area contributed by atoms with Crippen LogP contribution in [-0.2, 0) is 36.9 Å². The highest BCUT2D eigenvalue weighted by Gasteiger charge is 2.36. The molecule has 1 saturated carbocycles.